The quantitative estimate of drug-likeness (QED) is 0.0466. The van der Waals surface area contributed by atoms with E-state index in [2.05, 4.69) is 31.4 Å². The molecule has 4 amide bonds. The zero-order valence-corrected chi connectivity index (χ0v) is 39.8. The Morgan fingerprint density at radius 3 is 2.03 bits per heavy atom. The van der Waals surface area contributed by atoms with E-state index >= 15 is 0 Å². The highest BCUT2D eigenvalue weighted by molar-refractivity contribution is 8.14. The second-order valence-corrected chi connectivity index (χ2v) is 18.6. The number of methoxy groups -OCH3 is 2. The Labute approximate surface area is 391 Å². The number of carbonyl (C=O) groups excluding carboxylic acids is 5. The standard InChI is InChI=1S/C45H57N7O14S/c1-43(2,3)64-39(56)45(7,8)66-51-36(32-25-67-40(48-32)50-42(58)65-44(4,5)6)38(55)49-35-31(47-37(35)54)20-46-41(57)62-24-28-19-33(53)34(61-22-26-11-15-29(59-9)16-12-26)21-52(28)63-23-27-13-17-30(60-10)18-14-27/h11-19,21,31-32,35H,20,22-25H2,1-10H3,(H,46,57)(H,47,54)(H,49,55)(H,48,50,58)/b51-36-/t31-,32?,35+/m1/s1. The summed E-state index contributed by atoms with van der Waals surface area (Å²) in [6, 6.07) is 12.6. The smallest absolute Gasteiger partial charge is 0.413 e. The van der Waals surface area contributed by atoms with Crippen molar-refractivity contribution in [3.63, 3.8) is 0 Å². The largest absolute Gasteiger partial charge is 0.497 e. The number of oxime groups is 1. The van der Waals surface area contributed by atoms with Crippen LogP contribution in [0.25, 0.3) is 0 Å². The van der Waals surface area contributed by atoms with Crippen molar-refractivity contribution in [3.05, 3.63) is 87.8 Å². The van der Waals surface area contributed by atoms with Gasteiger partial charge in [-0.15, -0.1) is 0 Å². The summed E-state index contributed by atoms with van der Waals surface area (Å²) in [7, 11) is 3.11. The van der Waals surface area contributed by atoms with Gasteiger partial charge in [0.15, 0.2) is 16.6 Å². The molecule has 0 saturated carbocycles. The van der Waals surface area contributed by atoms with Crippen LogP contribution in [0.3, 0.4) is 0 Å². The number of amides is 4. The Kier molecular flexibility index (Phi) is 16.8. The minimum absolute atomic E-state index is 0.0181. The Balaban J connectivity index is 1.24. The molecule has 22 heteroatoms. The predicted octanol–water partition coefficient (Wildman–Crippen LogP) is 3.77. The molecule has 3 aromatic rings. The molecule has 0 aliphatic carbocycles. The summed E-state index contributed by atoms with van der Waals surface area (Å²) in [6.07, 6.45) is -0.318. The highest BCUT2D eigenvalue weighted by Crippen LogP contribution is 2.23. The van der Waals surface area contributed by atoms with Crippen molar-refractivity contribution in [3.8, 4) is 17.2 Å². The van der Waals surface area contributed by atoms with Crippen LogP contribution < -0.4 is 45.7 Å². The van der Waals surface area contributed by atoms with Crippen LogP contribution in [0.1, 0.15) is 72.2 Å². The van der Waals surface area contributed by atoms with Gasteiger partial charge < -0.3 is 54.0 Å². The maximum absolute atomic E-state index is 13.9. The number of hydrogen-bond acceptors (Lipinski definition) is 17. The molecular formula is C45H57N7O14S. The van der Waals surface area contributed by atoms with E-state index in [0.717, 1.165) is 22.9 Å². The molecule has 1 saturated heterocycles. The SMILES string of the molecule is COc1ccc(COc2cn(OCc3ccc(OC)cc3)c(COC(=O)NC[C@H]3NC(=O)[C@H]3NC(=O)/C(=N\OC(C)(C)C(=O)OC(C)(C)C)C3CSC(NC(=O)OC(C)(C)C)=N3)cc2=O)cc1. The van der Waals surface area contributed by atoms with Crippen LogP contribution in [0.5, 0.6) is 17.2 Å². The number of nitrogens with one attached hydrogen (secondary N) is 4. The van der Waals surface area contributed by atoms with E-state index in [1.54, 1.807) is 104 Å². The number of aliphatic imine (C=N–C) groups is 1. The van der Waals surface area contributed by atoms with E-state index in [0.29, 0.717) is 11.5 Å². The van der Waals surface area contributed by atoms with Crippen molar-refractivity contribution in [2.45, 2.75) is 110 Å². The topological polar surface area (TPSA) is 254 Å². The Bertz CT molecular complexity index is 2390. The highest BCUT2D eigenvalue weighted by atomic mass is 32.2. The van der Waals surface area contributed by atoms with Gasteiger partial charge in [-0.05, 0) is 90.8 Å². The molecule has 4 N–H and O–H groups in total. The average Bonchev–Trinajstić information content (AvgIpc) is 3.71. The van der Waals surface area contributed by atoms with E-state index in [1.165, 1.54) is 30.8 Å². The number of rotatable bonds is 18. The Morgan fingerprint density at radius 1 is 0.836 bits per heavy atom. The first-order valence-corrected chi connectivity index (χ1v) is 22.0. The first kappa shape index (κ1) is 51.0. The Hall–Kier alpha value is -6.97. The molecule has 1 unspecified atom stereocenters. The van der Waals surface area contributed by atoms with Gasteiger partial charge in [0.1, 0.15) is 54.6 Å². The maximum Gasteiger partial charge on any atom is 0.413 e. The number of alkyl carbamates (subject to hydrolysis) is 2. The summed E-state index contributed by atoms with van der Waals surface area (Å²) in [5, 5.41) is 14.5. The molecule has 3 atom stereocenters. The summed E-state index contributed by atoms with van der Waals surface area (Å²) in [5.74, 6) is -0.760. The number of carbonyl (C=O) groups is 5. The lowest BCUT2D eigenvalue weighted by Crippen LogP contribution is -2.72. The summed E-state index contributed by atoms with van der Waals surface area (Å²) < 4.78 is 33.8. The summed E-state index contributed by atoms with van der Waals surface area (Å²) >= 11 is 1.11. The van der Waals surface area contributed by atoms with Gasteiger partial charge in [0.2, 0.25) is 16.9 Å². The number of benzene rings is 2. The van der Waals surface area contributed by atoms with Crippen LogP contribution in [0.4, 0.5) is 9.59 Å². The van der Waals surface area contributed by atoms with E-state index in [9.17, 15) is 28.8 Å². The van der Waals surface area contributed by atoms with Crippen molar-refractivity contribution in [2.24, 2.45) is 10.1 Å². The second kappa shape index (κ2) is 22.0. The molecule has 2 aliphatic heterocycles. The van der Waals surface area contributed by atoms with Gasteiger partial charge in [-0.3, -0.25) is 24.7 Å². The fourth-order valence-corrected chi connectivity index (χ4v) is 6.73. The predicted molar refractivity (Wildman–Crippen MR) is 245 cm³/mol. The molecule has 67 heavy (non-hydrogen) atoms. The maximum atomic E-state index is 13.9. The molecule has 0 radical (unpaired) electrons. The lowest BCUT2D eigenvalue weighted by Gasteiger charge is -2.37. The summed E-state index contributed by atoms with van der Waals surface area (Å²) in [5.41, 5.74) is -2.36. The molecule has 1 aromatic heterocycles. The number of nitrogens with zero attached hydrogens (tertiary/aromatic N) is 3. The number of esters is 1. The number of hydrogen-bond donors (Lipinski definition) is 4. The van der Waals surface area contributed by atoms with Crippen LogP contribution in [-0.2, 0) is 53.3 Å². The van der Waals surface area contributed by atoms with Crippen LogP contribution in [0, 0.1) is 0 Å². The van der Waals surface area contributed by atoms with Gasteiger partial charge in [0, 0.05) is 18.4 Å². The van der Waals surface area contributed by atoms with E-state index in [1.807, 2.05) is 0 Å². The average molecular weight is 952 g/mol. The third-order valence-electron chi connectivity index (χ3n) is 9.33. The summed E-state index contributed by atoms with van der Waals surface area (Å²) in [6.45, 7) is 12.5. The molecule has 5 rings (SSSR count). The van der Waals surface area contributed by atoms with E-state index < -0.39 is 76.9 Å². The van der Waals surface area contributed by atoms with Crippen molar-refractivity contribution < 1.29 is 62.1 Å². The van der Waals surface area contributed by atoms with Crippen LogP contribution in [-0.4, -0.2) is 107 Å². The van der Waals surface area contributed by atoms with Crippen LogP contribution in [0.15, 0.2) is 75.7 Å². The van der Waals surface area contributed by atoms with Gasteiger partial charge in [0.25, 0.3) is 5.91 Å². The molecule has 362 valence electrons. The fourth-order valence-electron chi connectivity index (χ4n) is 5.83. The zero-order chi connectivity index (χ0) is 49.1. The molecule has 1 fully saturated rings. The third kappa shape index (κ3) is 15.3. The van der Waals surface area contributed by atoms with Gasteiger partial charge in [-0.1, -0.05) is 41.2 Å². The lowest BCUT2D eigenvalue weighted by atomic mass is 9.98. The number of ether oxygens (including phenoxy) is 6. The highest BCUT2D eigenvalue weighted by Gasteiger charge is 2.43. The molecular weight excluding hydrogens is 895 g/mol. The molecule has 21 nitrogen and oxygen atoms in total. The van der Waals surface area contributed by atoms with Crippen molar-refractivity contribution >= 4 is 52.6 Å². The molecule has 2 aliphatic rings. The van der Waals surface area contributed by atoms with Crippen molar-refractivity contribution in [1.29, 1.82) is 0 Å². The Morgan fingerprint density at radius 2 is 1.45 bits per heavy atom. The number of aromatic nitrogens is 1. The van der Waals surface area contributed by atoms with Crippen LogP contribution in [0.2, 0.25) is 0 Å². The van der Waals surface area contributed by atoms with Gasteiger partial charge in [-0.25, -0.2) is 14.4 Å². The first-order valence-electron chi connectivity index (χ1n) is 21.0. The molecule has 2 aromatic carbocycles. The van der Waals surface area contributed by atoms with Crippen LogP contribution >= 0.6 is 11.8 Å². The van der Waals surface area contributed by atoms with Crippen molar-refractivity contribution in [1.82, 2.24) is 26.0 Å². The lowest BCUT2D eigenvalue weighted by molar-refractivity contribution is -0.179. The number of β-lactam (4-membered cyclic amide) rings is 1. The van der Waals surface area contributed by atoms with E-state index in [4.69, 9.17) is 38.1 Å². The fraction of sp³-hybridized carbons (Fsp3) is 0.467. The number of thioether (sulfide) groups is 1. The van der Waals surface area contributed by atoms with Gasteiger partial charge >= 0.3 is 18.2 Å². The van der Waals surface area contributed by atoms with Gasteiger partial charge in [-0.2, -0.15) is 4.73 Å². The number of pyridine rings is 1. The second-order valence-electron chi connectivity index (χ2n) is 17.6. The zero-order valence-electron chi connectivity index (χ0n) is 39.0. The van der Waals surface area contributed by atoms with Crippen molar-refractivity contribution in [2.75, 3.05) is 26.5 Å². The third-order valence-corrected chi connectivity index (χ3v) is 10.3. The first-order chi connectivity index (χ1) is 31.5. The van der Waals surface area contributed by atoms with E-state index in [-0.39, 0.29) is 47.8 Å². The summed E-state index contributed by atoms with van der Waals surface area (Å²) in [4.78, 5) is 94.3. The van der Waals surface area contributed by atoms with Gasteiger partial charge in [0.05, 0.1) is 32.2 Å². The number of amidine groups is 1. The minimum Gasteiger partial charge on any atom is -0.497 e. The normalized spacial score (nSPS) is 17.1. The molecule has 3 heterocycles. The minimum atomic E-state index is -1.66. The monoisotopic (exact) mass is 951 g/mol. The molecule has 0 bridgehead atoms. The molecule has 0 spiro atoms.